The first-order valence-electron chi connectivity index (χ1n) is 6.69. The molecule has 1 heterocycles. The average Bonchev–Trinajstić information content (AvgIpc) is 2.31. The summed E-state index contributed by atoms with van der Waals surface area (Å²) in [5.74, 6) is 0.630. The van der Waals surface area contributed by atoms with Gasteiger partial charge in [-0.2, -0.15) is 0 Å². The highest BCUT2D eigenvalue weighted by Gasteiger charge is 2.31. The number of benzene rings is 1. The van der Waals surface area contributed by atoms with Crippen molar-refractivity contribution in [3.63, 3.8) is 0 Å². The lowest BCUT2D eigenvalue weighted by Crippen LogP contribution is -2.46. The van der Waals surface area contributed by atoms with E-state index in [-0.39, 0.29) is 5.60 Å². The number of piperidine rings is 1. The van der Waals surface area contributed by atoms with Gasteiger partial charge in [-0.05, 0) is 43.9 Å². The molecule has 0 bridgehead atoms. The third kappa shape index (κ3) is 2.24. The normalized spacial score (nSPS) is 31.7. The molecule has 1 N–H and O–H groups in total. The fraction of sp³-hybridized carbons (Fsp3) is 0.600. The molecule has 2 unspecified atom stereocenters. The van der Waals surface area contributed by atoms with Gasteiger partial charge in [0.15, 0.2) is 0 Å². The van der Waals surface area contributed by atoms with Crippen molar-refractivity contribution in [2.45, 2.75) is 37.7 Å². The zero-order chi connectivity index (χ0) is 11.7. The second-order valence-corrected chi connectivity index (χ2v) is 5.64. The Bertz CT molecular complexity index is 396. The minimum atomic E-state index is 0.0583. The van der Waals surface area contributed by atoms with Crippen molar-refractivity contribution in [1.29, 1.82) is 0 Å². The zero-order valence-electron chi connectivity index (χ0n) is 10.5. The Morgan fingerprint density at radius 2 is 2.29 bits per heavy atom. The van der Waals surface area contributed by atoms with Gasteiger partial charge in [0.25, 0.3) is 0 Å². The number of fused-ring (bicyclic) bond motifs is 1. The van der Waals surface area contributed by atoms with Gasteiger partial charge in [0, 0.05) is 12.5 Å². The molecule has 1 aromatic carbocycles. The van der Waals surface area contributed by atoms with Crippen molar-refractivity contribution < 1.29 is 4.74 Å². The molecule has 2 aliphatic rings. The standard InChI is InChI=1S/C15H21NO/c1-15(7-4-8-16-11-15)17-10-13-9-12-5-2-3-6-14(12)13/h2-3,5-6,13,16H,4,7-11H2,1H3. The largest absolute Gasteiger partial charge is 0.373 e. The van der Waals surface area contributed by atoms with Crippen LogP contribution in [0.4, 0.5) is 0 Å². The van der Waals surface area contributed by atoms with Crippen LogP contribution in [0, 0.1) is 0 Å². The summed E-state index contributed by atoms with van der Waals surface area (Å²) in [7, 11) is 0. The van der Waals surface area contributed by atoms with Gasteiger partial charge in [-0.3, -0.25) is 0 Å². The Hall–Kier alpha value is -0.860. The first-order valence-corrected chi connectivity index (χ1v) is 6.69. The Balaban J connectivity index is 1.56. The van der Waals surface area contributed by atoms with Crippen LogP contribution in [-0.2, 0) is 11.2 Å². The third-order valence-corrected chi connectivity index (χ3v) is 4.15. The van der Waals surface area contributed by atoms with E-state index < -0.39 is 0 Å². The quantitative estimate of drug-likeness (QED) is 0.863. The summed E-state index contributed by atoms with van der Waals surface area (Å²) in [6.07, 6.45) is 3.62. The van der Waals surface area contributed by atoms with Gasteiger partial charge in [0.2, 0.25) is 0 Å². The van der Waals surface area contributed by atoms with Crippen molar-refractivity contribution in [3.05, 3.63) is 35.4 Å². The van der Waals surface area contributed by atoms with E-state index in [1.807, 2.05) is 0 Å². The molecule has 3 rings (SSSR count). The molecule has 92 valence electrons. The molecule has 1 aliphatic heterocycles. The van der Waals surface area contributed by atoms with Crippen LogP contribution in [0.2, 0.25) is 0 Å². The lowest BCUT2D eigenvalue weighted by Gasteiger charge is -2.38. The van der Waals surface area contributed by atoms with E-state index in [4.69, 9.17) is 4.74 Å². The Morgan fingerprint density at radius 3 is 3.06 bits per heavy atom. The summed E-state index contributed by atoms with van der Waals surface area (Å²) in [5.41, 5.74) is 3.07. The summed E-state index contributed by atoms with van der Waals surface area (Å²) in [4.78, 5) is 0. The van der Waals surface area contributed by atoms with Crippen LogP contribution >= 0.6 is 0 Å². The lowest BCUT2D eigenvalue weighted by molar-refractivity contribution is -0.0545. The van der Waals surface area contributed by atoms with E-state index in [1.54, 1.807) is 0 Å². The lowest BCUT2D eigenvalue weighted by atomic mass is 9.78. The molecular formula is C15H21NO. The molecule has 1 saturated heterocycles. The number of nitrogens with one attached hydrogen (secondary N) is 1. The summed E-state index contributed by atoms with van der Waals surface area (Å²) in [5, 5.41) is 3.43. The monoisotopic (exact) mass is 231 g/mol. The second kappa shape index (κ2) is 4.43. The van der Waals surface area contributed by atoms with E-state index in [2.05, 4.69) is 36.5 Å². The summed E-state index contributed by atoms with van der Waals surface area (Å²) >= 11 is 0. The Labute approximate surface area is 103 Å². The fourth-order valence-corrected chi connectivity index (χ4v) is 2.96. The topological polar surface area (TPSA) is 21.3 Å². The predicted molar refractivity (Wildman–Crippen MR) is 69.3 cm³/mol. The first kappa shape index (κ1) is 11.2. The third-order valence-electron chi connectivity index (χ3n) is 4.15. The van der Waals surface area contributed by atoms with Gasteiger partial charge in [0.1, 0.15) is 0 Å². The molecule has 0 aromatic heterocycles. The van der Waals surface area contributed by atoms with Crippen molar-refractivity contribution >= 4 is 0 Å². The molecule has 1 aromatic rings. The molecular weight excluding hydrogens is 210 g/mol. The minimum absolute atomic E-state index is 0.0583. The number of ether oxygens (including phenoxy) is 1. The van der Waals surface area contributed by atoms with Crippen LogP contribution in [0.3, 0.4) is 0 Å². The first-order chi connectivity index (χ1) is 8.27. The highest BCUT2D eigenvalue weighted by molar-refractivity contribution is 5.39. The van der Waals surface area contributed by atoms with Gasteiger partial charge in [-0.25, -0.2) is 0 Å². The maximum Gasteiger partial charge on any atom is 0.0779 e. The molecule has 0 spiro atoms. The molecule has 0 amide bonds. The fourth-order valence-electron chi connectivity index (χ4n) is 2.96. The number of hydrogen-bond donors (Lipinski definition) is 1. The van der Waals surface area contributed by atoms with Gasteiger partial charge in [0.05, 0.1) is 12.2 Å². The van der Waals surface area contributed by atoms with E-state index in [1.165, 1.54) is 30.4 Å². The Morgan fingerprint density at radius 1 is 1.41 bits per heavy atom. The summed E-state index contributed by atoms with van der Waals surface area (Å²) < 4.78 is 6.17. The van der Waals surface area contributed by atoms with Crippen molar-refractivity contribution in [3.8, 4) is 0 Å². The van der Waals surface area contributed by atoms with Crippen molar-refractivity contribution in [2.24, 2.45) is 0 Å². The molecule has 2 nitrogen and oxygen atoms in total. The van der Waals surface area contributed by atoms with Gasteiger partial charge in [-0.15, -0.1) is 0 Å². The van der Waals surface area contributed by atoms with Crippen LogP contribution in [0.1, 0.15) is 36.8 Å². The summed E-state index contributed by atoms with van der Waals surface area (Å²) in [6, 6.07) is 8.74. The van der Waals surface area contributed by atoms with Crippen LogP contribution in [0.25, 0.3) is 0 Å². The smallest absolute Gasteiger partial charge is 0.0779 e. The van der Waals surface area contributed by atoms with Crippen LogP contribution in [-0.4, -0.2) is 25.3 Å². The molecule has 2 atom stereocenters. The van der Waals surface area contributed by atoms with Gasteiger partial charge in [-0.1, -0.05) is 24.3 Å². The van der Waals surface area contributed by atoms with Gasteiger partial charge < -0.3 is 10.1 Å². The van der Waals surface area contributed by atoms with Crippen molar-refractivity contribution in [1.82, 2.24) is 5.32 Å². The van der Waals surface area contributed by atoms with E-state index in [9.17, 15) is 0 Å². The van der Waals surface area contributed by atoms with E-state index in [0.29, 0.717) is 5.92 Å². The maximum absolute atomic E-state index is 6.17. The molecule has 0 saturated carbocycles. The molecule has 17 heavy (non-hydrogen) atoms. The molecule has 1 fully saturated rings. The highest BCUT2D eigenvalue weighted by atomic mass is 16.5. The predicted octanol–water partition coefficient (Wildman–Crippen LogP) is 2.49. The molecule has 0 radical (unpaired) electrons. The zero-order valence-corrected chi connectivity index (χ0v) is 10.5. The molecule has 2 heteroatoms. The van der Waals surface area contributed by atoms with Crippen LogP contribution < -0.4 is 5.32 Å². The summed E-state index contributed by atoms with van der Waals surface area (Å²) in [6.45, 7) is 5.27. The number of rotatable bonds is 3. The van der Waals surface area contributed by atoms with E-state index in [0.717, 1.165) is 19.7 Å². The van der Waals surface area contributed by atoms with E-state index >= 15 is 0 Å². The molecule has 1 aliphatic carbocycles. The SMILES string of the molecule is CC1(OCC2Cc3ccccc32)CCCNC1. The minimum Gasteiger partial charge on any atom is -0.373 e. The Kier molecular flexibility index (Phi) is 2.93. The number of hydrogen-bond acceptors (Lipinski definition) is 2. The highest BCUT2D eigenvalue weighted by Crippen LogP contribution is 2.36. The average molecular weight is 231 g/mol. The maximum atomic E-state index is 6.17. The van der Waals surface area contributed by atoms with Crippen molar-refractivity contribution in [2.75, 3.05) is 19.7 Å². The van der Waals surface area contributed by atoms with Crippen LogP contribution in [0.15, 0.2) is 24.3 Å². The van der Waals surface area contributed by atoms with Crippen LogP contribution in [0.5, 0.6) is 0 Å². The second-order valence-electron chi connectivity index (χ2n) is 5.64. The van der Waals surface area contributed by atoms with Gasteiger partial charge >= 0.3 is 0 Å².